The van der Waals surface area contributed by atoms with Crippen LogP contribution in [0.25, 0.3) is 0 Å². The van der Waals surface area contributed by atoms with Crippen molar-refractivity contribution >= 4 is 61.9 Å². The number of nitro groups is 2. The van der Waals surface area contributed by atoms with Crippen molar-refractivity contribution in [2.45, 2.75) is 33.6 Å². The summed E-state index contributed by atoms with van der Waals surface area (Å²) in [6, 6.07) is 5.46. The van der Waals surface area contributed by atoms with E-state index in [0.29, 0.717) is 17.0 Å². The molecule has 1 aromatic carbocycles. The summed E-state index contributed by atoms with van der Waals surface area (Å²) in [5.41, 5.74) is 0.320. The van der Waals surface area contributed by atoms with Gasteiger partial charge in [0.05, 0.1) is 28.6 Å². The van der Waals surface area contributed by atoms with Gasteiger partial charge in [0.2, 0.25) is 10.9 Å². The van der Waals surface area contributed by atoms with Gasteiger partial charge >= 0.3 is 22.6 Å². The lowest BCUT2D eigenvalue weighted by Crippen LogP contribution is -2.32. The van der Waals surface area contributed by atoms with E-state index in [0.717, 1.165) is 6.07 Å². The summed E-state index contributed by atoms with van der Waals surface area (Å²) in [5.74, 6) is -1.18. The van der Waals surface area contributed by atoms with Gasteiger partial charge in [-0.25, -0.2) is 0 Å². The molecule has 0 saturated heterocycles. The number of hydrogen-bond donors (Lipinski definition) is 1. The van der Waals surface area contributed by atoms with Gasteiger partial charge in [-0.2, -0.15) is 0 Å². The van der Waals surface area contributed by atoms with Crippen LogP contribution in [-0.2, 0) is 23.9 Å². The molecule has 0 bridgehead atoms. The van der Waals surface area contributed by atoms with E-state index in [1.807, 2.05) is 0 Å². The summed E-state index contributed by atoms with van der Waals surface area (Å²) in [5, 5.41) is 31.9. The maximum atomic E-state index is 11.8. The van der Waals surface area contributed by atoms with Crippen molar-refractivity contribution in [3.8, 4) is 0 Å². The Hall–Kier alpha value is -4.47. The van der Waals surface area contributed by atoms with E-state index in [2.05, 4.69) is 15.5 Å². The van der Waals surface area contributed by atoms with Gasteiger partial charge in [-0.3, -0.25) is 34.6 Å². The van der Waals surface area contributed by atoms with Crippen molar-refractivity contribution in [1.29, 1.82) is 0 Å². The Morgan fingerprint density at radius 1 is 0.974 bits per heavy atom. The lowest BCUT2D eigenvalue weighted by atomic mass is 10.2. The molecule has 0 radical (unpaired) electrons. The van der Waals surface area contributed by atoms with Crippen LogP contribution in [0.3, 0.4) is 0 Å². The molecule has 1 amide bonds. The summed E-state index contributed by atoms with van der Waals surface area (Å²) < 4.78 is 10.3. The molecule has 15 nitrogen and oxygen atoms in total. The molecule has 1 aromatic heterocycles. The molecule has 0 unspecified atom stereocenters. The molecule has 1 heterocycles. The maximum Gasteiger partial charge on any atom is 0.333 e. The first kappa shape index (κ1) is 29.8. The molecule has 38 heavy (non-hydrogen) atoms. The van der Waals surface area contributed by atoms with E-state index in [1.165, 1.54) is 13.0 Å². The van der Waals surface area contributed by atoms with Crippen LogP contribution in [0.5, 0.6) is 0 Å². The average Bonchev–Trinajstić information content (AvgIpc) is 3.31. The topological polar surface area (TPSA) is 196 Å². The van der Waals surface area contributed by atoms with Gasteiger partial charge in [0.25, 0.3) is 0 Å². The van der Waals surface area contributed by atoms with E-state index in [1.54, 1.807) is 30.9 Å². The molecule has 1 N–H and O–H groups in total. The highest BCUT2D eigenvalue weighted by atomic mass is 32.1. The average molecular weight is 551 g/mol. The lowest BCUT2D eigenvalue weighted by Gasteiger charge is -2.25. The lowest BCUT2D eigenvalue weighted by molar-refractivity contribution is -0.389. The van der Waals surface area contributed by atoms with Gasteiger partial charge in [-0.05, 0) is 29.5 Å². The van der Waals surface area contributed by atoms with Gasteiger partial charge in [-0.15, -0.1) is 10.2 Å². The van der Waals surface area contributed by atoms with Crippen LogP contribution in [0.1, 0.15) is 33.6 Å². The van der Waals surface area contributed by atoms with E-state index < -0.39 is 26.4 Å². The first-order valence-electron chi connectivity index (χ1n) is 11.4. The largest absolute Gasteiger partial charge is 0.464 e. The van der Waals surface area contributed by atoms with Crippen molar-refractivity contribution in [2.75, 3.05) is 36.5 Å². The summed E-state index contributed by atoms with van der Waals surface area (Å²) >= 11 is 0.490. The smallest absolute Gasteiger partial charge is 0.333 e. The van der Waals surface area contributed by atoms with E-state index in [9.17, 15) is 34.6 Å². The van der Waals surface area contributed by atoms with Crippen molar-refractivity contribution in [3.05, 3.63) is 44.5 Å². The van der Waals surface area contributed by atoms with Gasteiger partial charge in [0.15, 0.2) is 0 Å². The van der Waals surface area contributed by atoms with Gasteiger partial charge in [0.1, 0.15) is 25.0 Å². The number of amides is 1. The summed E-state index contributed by atoms with van der Waals surface area (Å²) in [6.45, 7) is 5.23. The number of azo groups is 1. The molecule has 0 saturated carbocycles. The minimum Gasteiger partial charge on any atom is -0.464 e. The Balaban J connectivity index is 2.38. The number of carbonyl (C=O) groups excluding carboxylic acids is 3. The highest BCUT2D eigenvalue weighted by molar-refractivity contribution is 7.19. The number of carbonyl (C=O) groups is 3. The second-order valence-electron chi connectivity index (χ2n) is 7.51. The zero-order valence-corrected chi connectivity index (χ0v) is 21.7. The molecule has 204 valence electrons. The van der Waals surface area contributed by atoms with Crippen molar-refractivity contribution in [2.24, 2.45) is 10.2 Å². The molecule has 0 spiro atoms. The summed E-state index contributed by atoms with van der Waals surface area (Å²) in [6.07, 6.45) is 0.429. The van der Waals surface area contributed by atoms with Crippen LogP contribution in [0.15, 0.2) is 34.5 Å². The third-order valence-electron chi connectivity index (χ3n) is 4.79. The molecular formula is C22H26N6O9S. The predicted octanol–water partition coefficient (Wildman–Crippen LogP) is 4.65. The Labute approximate surface area is 220 Å². The Morgan fingerprint density at radius 2 is 1.58 bits per heavy atom. The van der Waals surface area contributed by atoms with E-state index in [4.69, 9.17) is 9.47 Å². The van der Waals surface area contributed by atoms with Crippen molar-refractivity contribution in [3.63, 3.8) is 0 Å². The Kier molecular flexibility index (Phi) is 11.2. The summed E-state index contributed by atoms with van der Waals surface area (Å²) in [7, 11) is 0. The van der Waals surface area contributed by atoms with Crippen LogP contribution in [0.2, 0.25) is 0 Å². The van der Waals surface area contributed by atoms with Gasteiger partial charge < -0.3 is 19.7 Å². The molecule has 2 rings (SSSR count). The molecule has 0 atom stereocenters. The fraction of sp³-hybridized carbons (Fsp3) is 0.409. The zero-order chi connectivity index (χ0) is 28.2. The molecule has 0 aliphatic carbocycles. The number of ether oxygens (including phenoxy) is 2. The molecule has 2 aromatic rings. The highest BCUT2D eigenvalue weighted by Gasteiger charge is 2.25. The maximum absolute atomic E-state index is 11.8. The van der Waals surface area contributed by atoms with Crippen LogP contribution < -0.4 is 10.2 Å². The molecule has 0 aliphatic heterocycles. The Bertz CT molecular complexity index is 1210. The quantitative estimate of drug-likeness (QED) is 0.149. The minimum absolute atomic E-state index is 0.0617. The van der Waals surface area contributed by atoms with Gasteiger partial charge in [-0.1, -0.05) is 13.8 Å². The second-order valence-corrected chi connectivity index (χ2v) is 8.52. The van der Waals surface area contributed by atoms with E-state index in [-0.39, 0.29) is 67.5 Å². The number of nitrogens with one attached hydrogen (secondary N) is 1. The zero-order valence-electron chi connectivity index (χ0n) is 20.9. The predicted molar refractivity (Wildman–Crippen MR) is 137 cm³/mol. The molecule has 16 heteroatoms. The standard InChI is InChI=1S/C22H26N6O9S/c1-4-20(30)36-10-8-26(9-11-37-21(31)5-2)15-6-7-16(17(12-15)23-14(3)29)24-25-22-18(27(32)33)13-19(38-22)28(34)35/h6-7,12-13H,4-5,8-11H2,1-3H3,(H,23,29). The van der Waals surface area contributed by atoms with Crippen LogP contribution in [0, 0.1) is 20.2 Å². The number of thiophene rings is 1. The second kappa shape index (κ2) is 14.3. The summed E-state index contributed by atoms with van der Waals surface area (Å²) in [4.78, 5) is 57.4. The van der Waals surface area contributed by atoms with Crippen LogP contribution >= 0.6 is 11.3 Å². The number of anilines is 2. The number of benzene rings is 1. The Morgan fingerprint density at radius 3 is 2.08 bits per heavy atom. The normalized spacial score (nSPS) is 10.7. The monoisotopic (exact) mass is 550 g/mol. The SMILES string of the molecule is CCC(=O)OCCN(CCOC(=O)CC)c1ccc(N=Nc2sc([N+](=O)[O-])cc2[N+](=O)[O-])c(NC(C)=O)c1. The minimum atomic E-state index is -0.801. The molecular weight excluding hydrogens is 524 g/mol. The van der Waals surface area contributed by atoms with Crippen LogP contribution in [0.4, 0.5) is 32.8 Å². The van der Waals surface area contributed by atoms with E-state index >= 15 is 0 Å². The third kappa shape index (κ3) is 8.88. The molecule has 0 fully saturated rings. The van der Waals surface area contributed by atoms with Gasteiger partial charge in [0, 0.05) is 25.5 Å². The number of hydrogen-bond acceptors (Lipinski definition) is 13. The fourth-order valence-electron chi connectivity index (χ4n) is 2.96. The van der Waals surface area contributed by atoms with Crippen molar-refractivity contribution < 1.29 is 33.7 Å². The van der Waals surface area contributed by atoms with Crippen LogP contribution in [-0.4, -0.2) is 54.0 Å². The van der Waals surface area contributed by atoms with Crippen molar-refractivity contribution in [1.82, 2.24) is 0 Å². The third-order valence-corrected chi connectivity index (χ3v) is 5.75. The number of nitrogens with zero attached hydrogens (tertiary/aromatic N) is 5. The highest BCUT2D eigenvalue weighted by Crippen LogP contribution is 2.42. The first-order chi connectivity index (χ1) is 18.0. The number of esters is 2. The first-order valence-corrected chi connectivity index (χ1v) is 12.2. The molecule has 0 aliphatic rings. The fourth-order valence-corrected chi connectivity index (χ4v) is 3.73. The number of rotatable bonds is 14.